The lowest BCUT2D eigenvalue weighted by atomic mass is 9.93. The zero-order chi connectivity index (χ0) is 17.3. The molecule has 1 heterocycles. The molecule has 5 nitrogen and oxygen atoms in total. The van der Waals surface area contributed by atoms with Crippen LogP contribution in [0.1, 0.15) is 32.4 Å². The van der Waals surface area contributed by atoms with E-state index in [9.17, 15) is 4.79 Å². The van der Waals surface area contributed by atoms with Gasteiger partial charge in [-0.05, 0) is 29.3 Å². The number of fused-ring (bicyclic) bond motifs is 1. The Bertz CT molecular complexity index is 774. The largest absolute Gasteiger partial charge is 0.496 e. The third-order valence-corrected chi connectivity index (χ3v) is 4.99. The maximum Gasteiger partial charge on any atom is 0.342 e. The number of rotatable bonds is 4. The molecule has 1 aliphatic rings. The lowest BCUT2D eigenvalue weighted by molar-refractivity contribution is 0.0244. The van der Waals surface area contributed by atoms with Crippen LogP contribution in [0.3, 0.4) is 0 Å². The molecule has 0 fully saturated rings. The number of esters is 1. The summed E-state index contributed by atoms with van der Waals surface area (Å²) in [6.45, 7) is 0. The zero-order valence-electron chi connectivity index (χ0n) is 13.5. The second-order valence-corrected chi connectivity index (χ2v) is 6.25. The SMILES string of the molecule is COc1ccc([C@H]2OC(=O)c3c(OC)cccc3[C@@H]2Br)cc1OC. The molecule has 6 heteroatoms. The Kier molecular flexibility index (Phi) is 4.66. The molecule has 0 amide bonds. The van der Waals surface area contributed by atoms with Gasteiger partial charge in [0.1, 0.15) is 17.4 Å². The molecule has 3 rings (SSSR count). The summed E-state index contributed by atoms with van der Waals surface area (Å²) in [5.41, 5.74) is 2.11. The lowest BCUT2D eigenvalue weighted by Gasteiger charge is -2.30. The van der Waals surface area contributed by atoms with Gasteiger partial charge in [0.15, 0.2) is 11.5 Å². The molecule has 0 saturated heterocycles. The van der Waals surface area contributed by atoms with E-state index in [4.69, 9.17) is 18.9 Å². The van der Waals surface area contributed by atoms with Crippen LogP contribution in [0.4, 0.5) is 0 Å². The van der Waals surface area contributed by atoms with Gasteiger partial charge in [-0.2, -0.15) is 0 Å². The molecule has 0 spiro atoms. The number of carbonyl (C=O) groups excluding carboxylic acids is 1. The van der Waals surface area contributed by atoms with Crippen molar-refractivity contribution >= 4 is 21.9 Å². The molecular weight excluding hydrogens is 376 g/mol. The Hall–Kier alpha value is -2.21. The molecule has 2 aromatic rings. The molecule has 0 radical (unpaired) electrons. The fourth-order valence-corrected chi connectivity index (χ4v) is 3.62. The van der Waals surface area contributed by atoms with E-state index in [-0.39, 0.29) is 4.83 Å². The van der Waals surface area contributed by atoms with Crippen molar-refractivity contribution in [1.29, 1.82) is 0 Å². The smallest absolute Gasteiger partial charge is 0.342 e. The summed E-state index contributed by atoms with van der Waals surface area (Å²) in [7, 11) is 4.68. The van der Waals surface area contributed by atoms with Crippen LogP contribution < -0.4 is 14.2 Å². The average molecular weight is 393 g/mol. The van der Waals surface area contributed by atoms with Crippen LogP contribution in [-0.4, -0.2) is 27.3 Å². The average Bonchev–Trinajstić information content (AvgIpc) is 2.63. The number of hydrogen-bond donors (Lipinski definition) is 0. The van der Waals surface area contributed by atoms with Gasteiger partial charge in [0, 0.05) is 0 Å². The van der Waals surface area contributed by atoms with Gasteiger partial charge >= 0.3 is 5.97 Å². The van der Waals surface area contributed by atoms with E-state index in [1.165, 1.54) is 7.11 Å². The molecule has 126 valence electrons. The number of alkyl halides is 1. The van der Waals surface area contributed by atoms with Crippen LogP contribution in [0.2, 0.25) is 0 Å². The van der Waals surface area contributed by atoms with Gasteiger partial charge in [-0.3, -0.25) is 0 Å². The first-order chi connectivity index (χ1) is 11.6. The number of methoxy groups -OCH3 is 3. The van der Waals surface area contributed by atoms with Crippen LogP contribution in [0.25, 0.3) is 0 Å². The molecule has 2 aromatic carbocycles. The minimum atomic E-state index is -0.475. The van der Waals surface area contributed by atoms with Gasteiger partial charge in [-0.25, -0.2) is 4.79 Å². The number of halogens is 1. The normalized spacial score (nSPS) is 19.2. The summed E-state index contributed by atoms with van der Waals surface area (Å²) in [5.74, 6) is 1.31. The standard InChI is InChI=1S/C18H17BrO5/c1-21-12-8-7-10(9-14(12)23-3)17-16(19)11-5-4-6-13(22-2)15(11)18(20)24-17/h4-9,16-17H,1-3H3/t16-,17+/m0/s1. The molecular formula is C18H17BrO5. The molecule has 0 bridgehead atoms. The second kappa shape index (κ2) is 6.73. The summed E-state index contributed by atoms with van der Waals surface area (Å²) in [6.07, 6.45) is -0.475. The van der Waals surface area contributed by atoms with Crippen LogP contribution >= 0.6 is 15.9 Å². The van der Waals surface area contributed by atoms with Gasteiger partial charge < -0.3 is 18.9 Å². The predicted molar refractivity (Wildman–Crippen MR) is 92.4 cm³/mol. The summed E-state index contributed by atoms with van der Waals surface area (Å²) < 4.78 is 21.5. The Morgan fingerprint density at radius 3 is 2.33 bits per heavy atom. The highest BCUT2D eigenvalue weighted by molar-refractivity contribution is 9.09. The maximum atomic E-state index is 12.5. The Balaban J connectivity index is 2.04. The maximum absolute atomic E-state index is 12.5. The van der Waals surface area contributed by atoms with E-state index in [1.54, 1.807) is 26.4 Å². The monoisotopic (exact) mass is 392 g/mol. The van der Waals surface area contributed by atoms with E-state index in [1.807, 2.05) is 24.3 Å². The van der Waals surface area contributed by atoms with Crippen molar-refractivity contribution in [3.8, 4) is 17.2 Å². The summed E-state index contributed by atoms with van der Waals surface area (Å²) >= 11 is 3.66. The third kappa shape index (κ3) is 2.71. The highest BCUT2D eigenvalue weighted by atomic mass is 79.9. The van der Waals surface area contributed by atoms with Gasteiger partial charge in [-0.15, -0.1) is 0 Å². The third-order valence-electron chi connectivity index (χ3n) is 4.02. The van der Waals surface area contributed by atoms with Crippen LogP contribution in [0.15, 0.2) is 36.4 Å². The van der Waals surface area contributed by atoms with E-state index >= 15 is 0 Å². The van der Waals surface area contributed by atoms with E-state index in [0.717, 1.165) is 11.1 Å². The number of ether oxygens (including phenoxy) is 4. The molecule has 0 N–H and O–H groups in total. The molecule has 0 aliphatic carbocycles. The fourth-order valence-electron chi connectivity index (χ4n) is 2.83. The Morgan fingerprint density at radius 2 is 1.67 bits per heavy atom. The van der Waals surface area contributed by atoms with Crippen molar-refractivity contribution in [3.05, 3.63) is 53.1 Å². The quantitative estimate of drug-likeness (QED) is 0.579. The highest BCUT2D eigenvalue weighted by Gasteiger charge is 2.37. The van der Waals surface area contributed by atoms with Gasteiger partial charge in [0.25, 0.3) is 0 Å². The summed E-state index contributed by atoms with van der Waals surface area (Å²) in [5, 5.41) is 0. The van der Waals surface area contributed by atoms with E-state index < -0.39 is 12.1 Å². The Morgan fingerprint density at radius 1 is 0.958 bits per heavy atom. The first-order valence-corrected chi connectivity index (χ1v) is 8.26. The van der Waals surface area contributed by atoms with Gasteiger partial charge in [0.05, 0.1) is 26.2 Å². The van der Waals surface area contributed by atoms with Crippen molar-refractivity contribution in [2.24, 2.45) is 0 Å². The zero-order valence-corrected chi connectivity index (χ0v) is 15.1. The van der Waals surface area contributed by atoms with Gasteiger partial charge in [-0.1, -0.05) is 34.1 Å². The number of cyclic esters (lactones) is 1. The molecule has 1 aliphatic heterocycles. The van der Waals surface area contributed by atoms with Crippen LogP contribution in [0, 0.1) is 0 Å². The molecule has 2 atom stereocenters. The van der Waals surface area contributed by atoms with Crippen LogP contribution in [-0.2, 0) is 4.74 Å². The van der Waals surface area contributed by atoms with Gasteiger partial charge in [0.2, 0.25) is 0 Å². The lowest BCUT2D eigenvalue weighted by Crippen LogP contribution is -2.24. The fraction of sp³-hybridized carbons (Fsp3) is 0.278. The van der Waals surface area contributed by atoms with Crippen molar-refractivity contribution in [2.75, 3.05) is 21.3 Å². The van der Waals surface area contributed by atoms with Crippen molar-refractivity contribution < 1.29 is 23.7 Å². The second-order valence-electron chi connectivity index (χ2n) is 5.27. The Labute approximate surface area is 148 Å². The molecule has 24 heavy (non-hydrogen) atoms. The number of carbonyl (C=O) groups is 1. The summed E-state index contributed by atoms with van der Waals surface area (Å²) in [4.78, 5) is 12.3. The van der Waals surface area contributed by atoms with Crippen molar-refractivity contribution in [2.45, 2.75) is 10.9 Å². The van der Waals surface area contributed by atoms with E-state index in [0.29, 0.717) is 22.8 Å². The molecule has 0 saturated carbocycles. The topological polar surface area (TPSA) is 54.0 Å². The van der Waals surface area contributed by atoms with E-state index in [2.05, 4.69) is 15.9 Å². The van der Waals surface area contributed by atoms with Crippen molar-refractivity contribution in [1.82, 2.24) is 0 Å². The minimum Gasteiger partial charge on any atom is -0.496 e. The first-order valence-electron chi connectivity index (χ1n) is 7.34. The van der Waals surface area contributed by atoms with Crippen molar-refractivity contribution in [3.63, 3.8) is 0 Å². The molecule has 0 unspecified atom stereocenters. The number of hydrogen-bond acceptors (Lipinski definition) is 5. The van der Waals surface area contributed by atoms with Crippen LogP contribution in [0.5, 0.6) is 17.2 Å². The minimum absolute atomic E-state index is 0.196. The molecule has 0 aromatic heterocycles. The number of benzene rings is 2. The predicted octanol–water partition coefficient (Wildman–Crippen LogP) is 4.06. The highest BCUT2D eigenvalue weighted by Crippen LogP contribution is 2.47. The summed E-state index contributed by atoms with van der Waals surface area (Å²) in [6, 6.07) is 11.0. The first kappa shape index (κ1) is 16.6.